The normalized spacial score (nSPS) is 19.3. The van der Waals surface area contributed by atoms with Crippen molar-refractivity contribution in [3.63, 3.8) is 0 Å². The zero-order valence-corrected chi connectivity index (χ0v) is 9.66. The number of amides is 1. The molecule has 0 fully saturated rings. The zero-order valence-electron chi connectivity index (χ0n) is 9.66. The van der Waals surface area contributed by atoms with Crippen LogP contribution in [0.25, 0.3) is 0 Å². The van der Waals surface area contributed by atoms with Crippen LogP contribution in [0, 0.1) is 0 Å². The molecule has 4 nitrogen and oxygen atoms in total. The second-order valence-corrected chi connectivity index (χ2v) is 4.06. The molecule has 0 bridgehead atoms. The average molecular weight is 219 g/mol. The highest BCUT2D eigenvalue weighted by Gasteiger charge is 2.29. The lowest BCUT2D eigenvalue weighted by Gasteiger charge is -2.34. The lowest BCUT2D eigenvalue weighted by atomic mass is 10.1. The monoisotopic (exact) mass is 219 g/mol. The van der Waals surface area contributed by atoms with Gasteiger partial charge in [-0.3, -0.25) is 4.79 Å². The van der Waals surface area contributed by atoms with Crippen molar-refractivity contribution in [2.24, 2.45) is 5.73 Å². The molecule has 16 heavy (non-hydrogen) atoms. The van der Waals surface area contributed by atoms with Gasteiger partial charge in [-0.15, -0.1) is 0 Å². The van der Waals surface area contributed by atoms with Gasteiger partial charge in [-0.2, -0.15) is 0 Å². The standard InChI is InChI=1S/C12H17N3O/c1-3-8-4-5-10-9(6-8)14-12(16)11(7-13)15(10)2/h4-6,11H,3,7,13H2,1-2H3,(H,14,16). The lowest BCUT2D eigenvalue weighted by molar-refractivity contribution is -0.117. The number of fused-ring (bicyclic) bond motifs is 1. The van der Waals surface area contributed by atoms with Gasteiger partial charge in [0.2, 0.25) is 5.91 Å². The summed E-state index contributed by atoms with van der Waals surface area (Å²) in [6.07, 6.45) is 0.965. The van der Waals surface area contributed by atoms with Gasteiger partial charge in [-0.25, -0.2) is 0 Å². The van der Waals surface area contributed by atoms with Crippen LogP contribution >= 0.6 is 0 Å². The van der Waals surface area contributed by atoms with Gasteiger partial charge in [0.05, 0.1) is 11.4 Å². The number of benzene rings is 1. The van der Waals surface area contributed by atoms with Crippen molar-refractivity contribution in [2.75, 3.05) is 23.8 Å². The molecule has 0 aliphatic carbocycles. The summed E-state index contributed by atoms with van der Waals surface area (Å²) in [7, 11) is 1.90. The van der Waals surface area contributed by atoms with Crippen LogP contribution in [0.4, 0.5) is 11.4 Å². The maximum absolute atomic E-state index is 11.8. The first-order valence-electron chi connectivity index (χ1n) is 5.54. The minimum absolute atomic E-state index is 0.0225. The van der Waals surface area contributed by atoms with Crippen LogP contribution in [0.5, 0.6) is 0 Å². The Morgan fingerprint density at radius 3 is 2.88 bits per heavy atom. The molecule has 3 N–H and O–H groups in total. The first kappa shape index (κ1) is 11.0. The number of hydrogen-bond acceptors (Lipinski definition) is 3. The predicted molar refractivity (Wildman–Crippen MR) is 65.7 cm³/mol. The predicted octanol–water partition coefficient (Wildman–Crippen LogP) is 0.965. The van der Waals surface area contributed by atoms with Gasteiger partial charge in [0, 0.05) is 13.6 Å². The number of nitrogens with one attached hydrogen (secondary N) is 1. The van der Waals surface area contributed by atoms with Crippen LogP contribution in [0.2, 0.25) is 0 Å². The number of anilines is 2. The first-order valence-corrected chi connectivity index (χ1v) is 5.54. The molecule has 1 atom stereocenters. The number of aryl methyl sites for hydroxylation is 1. The fourth-order valence-corrected chi connectivity index (χ4v) is 2.04. The number of carbonyl (C=O) groups excluding carboxylic acids is 1. The summed E-state index contributed by atoms with van der Waals surface area (Å²) < 4.78 is 0. The molecule has 0 aromatic heterocycles. The second kappa shape index (κ2) is 4.14. The van der Waals surface area contributed by atoms with Crippen LogP contribution < -0.4 is 16.0 Å². The van der Waals surface area contributed by atoms with E-state index in [1.807, 2.05) is 24.1 Å². The molecule has 1 heterocycles. The van der Waals surface area contributed by atoms with Crippen molar-refractivity contribution in [3.05, 3.63) is 23.8 Å². The van der Waals surface area contributed by atoms with Crippen LogP contribution in [0.1, 0.15) is 12.5 Å². The molecule has 1 aliphatic rings. The molecule has 0 saturated heterocycles. The Bertz CT molecular complexity index is 417. The minimum atomic E-state index is -0.264. The van der Waals surface area contributed by atoms with Crippen molar-refractivity contribution < 1.29 is 4.79 Å². The molecule has 86 valence electrons. The molecule has 0 radical (unpaired) electrons. The summed E-state index contributed by atoms with van der Waals surface area (Å²) >= 11 is 0. The Morgan fingerprint density at radius 1 is 1.50 bits per heavy atom. The number of hydrogen-bond donors (Lipinski definition) is 2. The van der Waals surface area contributed by atoms with Gasteiger partial charge in [0.25, 0.3) is 0 Å². The van der Waals surface area contributed by atoms with E-state index in [2.05, 4.69) is 18.3 Å². The Kier molecular flexibility index (Phi) is 2.83. The maximum atomic E-state index is 11.8. The summed E-state index contributed by atoms with van der Waals surface area (Å²) in [6.45, 7) is 2.43. The number of carbonyl (C=O) groups is 1. The molecule has 1 unspecified atom stereocenters. The summed E-state index contributed by atoms with van der Waals surface area (Å²) in [5.74, 6) is -0.0225. The van der Waals surface area contributed by atoms with E-state index in [1.54, 1.807) is 0 Å². The van der Waals surface area contributed by atoms with Gasteiger partial charge in [-0.05, 0) is 24.1 Å². The van der Waals surface area contributed by atoms with Crippen molar-refractivity contribution in [1.29, 1.82) is 0 Å². The van der Waals surface area contributed by atoms with E-state index in [-0.39, 0.29) is 11.9 Å². The summed E-state index contributed by atoms with van der Waals surface area (Å²) in [5, 5.41) is 2.91. The van der Waals surface area contributed by atoms with Gasteiger partial charge >= 0.3 is 0 Å². The SMILES string of the molecule is CCc1ccc2c(c1)NC(=O)C(CN)N2C. The summed E-state index contributed by atoms with van der Waals surface area (Å²) in [6, 6.07) is 5.88. The van der Waals surface area contributed by atoms with E-state index >= 15 is 0 Å². The van der Waals surface area contributed by atoms with Crippen molar-refractivity contribution in [2.45, 2.75) is 19.4 Å². The van der Waals surface area contributed by atoms with E-state index in [4.69, 9.17) is 5.73 Å². The molecule has 4 heteroatoms. The topological polar surface area (TPSA) is 58.4 Å². The van der Waals surface area contributed by atoms with Crippen molar-refractivity contribution in [1.82, 2.24) is 0 Å². The van der Waals surface area contributed by atoms with Crippen LogP contribution in [0.15, 0.2) is 18.2 Å². The third-order valence-corrected chi connectivity index (χ3v) is 3.10. The zero-order chi connectivity index (χ0) is 11.7. The average Bonchev–Trinajstić information content (AvgIpc) is 2.28. The summed E-state index contributed by atoms with van der Waals surface area (Å²) in [5.41, 5.74) is 8.74. The Balaban J connectivity index is 2.42. The molecule has 0 spiro atoms. The van der Waals surface area contributed by atoms with Gasteiger partial charge in [0.15, 0.2) is 0 Å². The number of rotatable bonds is 2. The molecule has 2 rings (SSSR count). The largest absolute Gasteiger partial charge is 0.360 e. The van der Waals surface area contributed by atoms with E-state index in [0.29, 0.717) is 6.54 Å². The second-order valence-electron chi connectivity index (χ2n) is 4.06. The molecule has 1 aliphatic heterocycles. The van der Waals surface area contributed by atoms with Gasteiger partial charge < -0.3 is 16.0 Å². The number of likely N-dealkylation sites (N-methyl/N-ethyl adjacent to an activating group) is 1. The highest BCUT2D eigenvalue weighted by Crippen LogP contribution is 2.31. The Morgan fingerprint density at radius 2 is 2.25 bits per heavy atom. The molecule has 1 amide bonds. The van der Waals surface area contributed by atoms with E-state index in [9.17, 15) is 4.79 Å². The fourth-order valence-electron chi connectivity index (χ4n) is 2.04. The molecule has 1 aromatic rings. The Hall–Kier alpha value is -1.55. The fraction of sp³-hybridized carbons (Fsp3) is 0.417. The molecule has 0 saturated carbocycles. The van der Waals surface area contributed by atoms with Crippen LogP contribution in [-0.2, 0) is 11.2 Å². The quantitative estimate of drug-likeness (QED) is 0.779. The number of nitrogens with two attached hydrogens (primary N) is 1. The third kappa shape index (κ3) is 1.65. The van der Waals surface area contributed by atoms with Crippen LogP contribution in [-0.4, -0.2) is 25.5 Å². The van der Waals surface area contributed by atoms with Crippen molar-refractivity contribution in [3.8, 4) is 0 Å². The maximum Gasteiger partial charge on any atom is 0.248 e. The first-order chi connectivity index (χ1) is 7.67. The summed E-state index contributed by atoms with van der Waals surface area (Å²) in [4.78, 5) is 13.7. The van der Waals surface area contributed by atoms with Gasteiger partial charge in [-0.1, -0.05) is 13.0 Å². The molecular formula is C12H17N3O. The molecular weight excluding hydrogens is 202 g/mol. The smallest absolute Gasteiger partial charge is 0.248 e. The van der Waals surface area contributed by atoms with E-state index in [1.165, 1.54) is 5.56 Å². The Labute approximate surface area is 95.4 Å². The minimum Gasteiger partial charge on any atom is -0.360 e. The lowest BCUT2D eigenvalue weighted by Crippen LogP contribution is -2.50. The van der Waals surface area contributed by atoms with Crippen LogP contribution in [0.3, 0.4) is 0 Å². The van der Waals surface area contributed by atoms with Crippen molar-refractivity contribution >= 4 is 17.3 Å². The number of nitrogens with zero attached hydrogens (tertiary/aromatic N) is 1. The molecule has 1 aromatic carbocycles. The van der Waals surface area contributed by atoms with E-state index < -0.39 is 0 Å². The third-order valence-electron chi connectivity index (χ3n) is 3.10. The highest BCUT2D eigenvalue weighted by molar-refractivity contribution is 6.03. The van der Waals surface area contributed by atoms with E-state index in [0.717, 1.165) is 17.8 Å². The van der Waals surface area contributed by atoms with Gasteiger partial charge in [0.1, 0.15) is 6.04 Å². The highest BCUT2D eigenvalue weighted by atomic mass is 16.2.